The van der Waals surface area contributed by atoms with E-state index in [2.05, 4.69) is 33.2 Å². The number of halogens is 2. The first-order valence-corrected chi connectivity index (χ1v) is 13.2. The van der Waals surface area contributed by atoms with Crippen molar-refractivity contribution < 1.29 is 19.0 Å². The van der Waals surface area contributed by atoms with Crippen LogP contribution < -0.4 is 5.32 Å². The minimum atomic E-state index is -0.467. The average Bonchev–Trinajstić information content (AvgIpc) is 3.63. The summed E-state index contributed by atoms with van der Waals surface area (Å²) in [6.07, 6.45) is 5.23. The van der Waals surface area contributed by atoms with Gasteiger partial charge in [-0.2, -0.15) is 0 Å². The number of nitrogens with zero attached hydrogens (tertiary/aromatic N) is 3. The number of aliphatic hydroxyl groups excluding tert-OH is 1. The van der Waals surface area contributed by atoms with Gasteiger partial charge in [-0.25, -0.2) is 9.37 Å². The van der Waals surface area contributed by atoms with Crippen LogP contribution in [0.4, 0.5) is 10.2 Å². The van der Waals surface area contributed by atoms with Crippen LogP contribution in [-0.2, 0) is 9.53 Å². The van der Waals surface area contributed by atoms with Gasteiger partial charge in [-0.05, 0) is 86.5 Å². The largest absolute Gasteiger partial charge is 0.389 e. The van der Waals surface area contributed by atoms with Crippen molar-refractivity contribution >= 4 is 34.1 Å². The monoisotopic (exact) mass is 524 g/mol. The van der Waals surface area contributed by atoms with E-state index in [1.807, 2.05) is 12.1 Å². The number of carbonyl (C=O) groups excluding carboxylic acids is 1. The number of piperidine rings is 1. The number of aliphatic hydroxyl groups is 1. The van der Waals surface area contributed by atoms with Crippen molar-refractivity contribution in [3.8, 4) is 0 Å². The first kappa shape index (κ1) is 24.7. The van der Waals surface area contributed by atoms with Gasteiger partial charge in [-0.1, -0.05) is 11.6 Å². The van der Waals surface area contributed by atoms with E-state index in [4.69, 9.17) is 16.3 Å². The molecule has 0 bridgehead atoms. The zero-order valence-corrected chi connectivity index (χ0v) is 21.4. The molecule has 6 rings (SSSR count). The van der Waals surface area contributed by atoms with Gasteiger partial charge in [-0.15, -0.1) is 0 Å². The summed E-state index contributed by atoms with van der Waals surface area (Å²) < 4.78 is 19.0. The Bertz CT molecular complexity index is 1350. The van der Waals surface area contributed by atoms with Crippen LogP contribution in [0, 0.1) is 11.7 Å². The number of ether oxygens (including phenoxy) is 1. The predicted molar refractivity (Wildman–Crippen MR) is 139 cm³/mol. The van der Waals surface area contributed by atoms with Crippen LogP contribution in [0.25, 0.3) is 10.8 Å². The van der Waals surface area contributed by atoms with Crippen molar-refractivity contribution in [2.75, 3.05) is 31.6 Å². The molecule has 3 aliphatic rings. The van der Waals surface area contributed by atoms with E-state index in [9.17, 15) is 14.3 Å². The topological polar surface area (TPSA) is 87.6 Å². The van der Waals surface area contributed by atoms with Crippen LogP contribution in [0.2, 0.25) is 5.02 Å². The molecule has 194 valence electrons. The van der Waals surface area contributed by atoms with Gasteiger partial charge >= 0.3 is 0 Å². The number of rotatable bonds is 5. The fourth-order valence-electron chi connectivity index (χ4n) is 5.88. The number of amides is 1. The molecule has 2 aromatic heterocycles. The van der Waals surface area contributed by atoms with Crippen LogP contribution in [0.15, 0.2) is 42.7 Å². The first-order valence-electron chi connectivity index (χ1n) is 12.8. The lowest BCUT2D eigenvalue weighted by atomic mass is 9.85. The van der Waals surface area contributed by atoms with Crippen LogP contribution in [0.5, 0.6) is 0 Å². The second-order valence-corrected chi connectivity index (χ2v) is 11.2. The highest BCUT2D eigenvalue weighted by molar-refractivity contribution is 6.32. The Balaban J connectivity index is 1.14. The van der Waals surface area contributed by atoms with Crippen molar-refractivity contribution in [2.45, 2.75) is 49.7 Å². The van der Waals surface area contributed by atoms with Crippen molar-refractivity contribution in [2.24, 2.45) is 5.92 Å². The Morgan fingerprint density at radius 1 is 1.22 bits per heavy atom. The molecule has 0 unspecified atom stereocenters. The average molecular weight is 525 g/mol. The number of likely N-dealkylation sites (tertiary alicyclic amines) is 1. The summed E-state index contributed by atoms with van der Waals surface area (Å²) in [5, 5.41) is 15.9. The van der Waals surface area contributed by atoms with Gasteiger partial charge in [0.15, 0.2) is 0 Å². The van der Waals surface area contributed by atoms with E-state index < -0.39 is 6.10 Å². The molecule has 4 heterocycles. The maximum absolute atomic E-state index is 13.5. The smallest absolute Gasteiger partial charge is 0.229 e. The molecule has 1 aromatic carbocycles. The summed E-state index contributed by atoms with van der Waals surface area (Å²) >= 11 is 6.71. The lowest BCUT2D eigenvalue weighted by Gasteiger charge is -2.43. The molecule has 7 nitrogen and oxygen atoms in total. The molecule has 1 amide bonds. The van der Waals surface area contributed by atoms with Gasteiger partial charge in [0, 0.05) is 40.3 Å². The van der Waals surface area contributed by atoms with E-state index in [-0.39, 0.29) is 29.1 Å². The summed E-state index contributed by atoms with van der Waals surface area (Å²) in [4.78, 5) is 23.8. The van der Waals surface area contributed by atoms with Crippen LogP contribution in [-0.4, -0.2) is 63.8 Å². The molecule has 37 heavy (non-hydrogen) atoms. The highest BCUT2D eigenvalue weighted by Crippen LogP contribution is 2.47. The predicted octanol–water partition coefficient (Wildman–Crippen LogP) is 4.49. The van der Waals surface area contributed by atoms with Crippen LogP contribution in [0.1, 0.15) is 49.3 Å². The summed E-state index contributed by atoms with van der Waals surface area (Å²) in [7, 11) is 0. The molecule has 0 spiro atoms. The van der Waals surface area contributed by atoms with E-state index in [1.54, 1.807) is 6.20 Å². The van der Waals surface area contributed by atoms with Gasteiger partial charge in [0.25, 0.3) is 0 Å². The quantitative estimate of drug-likeness (QED) is 0.511. The number of fused-ring (bicyclic) bond motifs is 1. The highest BCUT2D eigenvalue weighted by atomic mass is 35.5. The molecule has 9 heteroatoms. The molecule has 2 saturated heterocycles. The molecular weight excluding hydrogens is 495 g/mol. The third-order valence-electron chi connectivity index (χ3n) is 8.38. The third-order valence-corrected chi connectivity index (χ3v) is 8.71. The van der Waals surface area contributed by atoms with Gasteiger partial charge in [-0.3, -0.25) is 14.7 Å². The number of nitrogens with one attached hydrogen (secondary N) is 1. The summed E-state index contributed by atoms with van der Waals surface area (Å²) in [6, 6.07) is 8.64. The Kier molecular flexibility index (Phi) is 6.39. The minimum Gasteiger partial charge on any atom is -0.389 e. The van der Waals surface area contributed by atoms with Crippen molar-refractivity contribution in [1.29, 1.82) is 0 Å². The first-order chi connectivity index (χ1) is 17.8. The normalized spacial score (nSPS) is 28.5. The van der Waals surface area contributed by atoms with Crippen molar-refractivity contribution in [3.05, 3.63) is 64.8 Å². The fourth-order valence-corrected chi connectivity index (χ4v) is 6.20. The summed E-state index contributed by atoms with van der Waals surface area (Å²) in [6.45, 7) is 4.77. The molecule has 1 aliphatic carbocycles. The van der Waals surface area contributed by atoms with E-state index in [0.717, 1.165) is 47.3 Å². The number of pyridine rings is 2. The Morgan fingerprint density at radius 3 is 2.76 bits per heavy atom. The number of hydrogen-bond acceptors (Lipinski definition) is 6. The van der Waals surface area contributed by atoms with E-state index in [0.29, 0.717) is 37.1 Å². The maximum atomic E-state index is 13.5. The second kappa shape index (κ2) is 9.58. The number of anilines is 1. The van der Waals surface area contributed by atoms with Gasteiger partial charge < -0.3 is 15.2 Å². The zero-order chi connectivity index (χ0) is 25.7. The molecule has 3 aromatic rings. The van der Waals surface area contributed by atoms with E-state index >= 15 is 0 Å². The molecule has 1 saturated carbocycles. The second-order valence-electron chi connectivity index (χ2n) is 10.8. The minimum absolute atomic E-state index is 0.0633. The van der Waals surface area contributed by atoms with Gasteiger partial charge in [0.1, 0.15) is 11.6 Å². The SMILES string of the molecule is C[C@@]1(N2CCC(c3cc4cc(NC(=O)[C@H]5C[C@@H]5c5cc(F)ccn5)ncc4cc3Cl)CC2)COC[C@@H]1O. The maximum Gasteiger partial charge on any atom is 0.229 e. The summed E-state index contributed by atoms with van der Waals surface area (Å²) in [5.41, 5.74) is 1.38. The highest BCUT2D eigenvalue weighted by Gasteiger charge is 2.46. The lowest BCUT2D eigenvalue weighted by molar-refractivity contribution is -0.117. The van der Waals surface area contributed by atoms with Crippen molar-refractivity contribution in [3.63, 3.8) is 0 Å². The summed E-state index contributed by atoms with van der Waals surface area (Å²) in [5.74, 6) is 0.0350. The third kappa shape index (κ3) is 4.72. The molecule has 2 aliphatic heterocycles. The van der Waals surface area contributed by atoms with Crippen LogP contribution in [0.3, 0.4) is 0 Å². The Morgan fingerprint density at radius 2 is 2.03 bits per heavy atom. The van der Waals surface area contributed by atoms with Gasteiger partial charge in [0.2, 0.25) is 5.91 Å². The molecule has 2 N–H and O–H groups in total. The molecular formula is C28H30ClFN4O3. The Labute approximate surface area is 220 Å². The zero-order valence-electron chi connectivity index (χ0n) is 20.7. The number of benzene rings is 1. The van der Waals surface area contributed by atoms with Gasteiger partial charge in [0.05, 0.1) is 24.9 Å². The number of aromatic nitrogens is 2. The molecule has 3 fully saturated rings. The molecule has 0 radical (unpaired) electrons. The Hall–Kier alpha value is -2.65. The number of carbonyl (C=O) groups is 1. The number of hydrogen-bond donors (Lipinski definition) is 2. The van der Waals surface area contributed by atoms with Crippen LogP contribution >= 0.6 is 11.6 Å². The standard InChI is InChI=1S/C28H30ClFN4O3/c1-28(15-37-14-25(28)35)34-6-3-16(4-7-34)20-8-17-10-26(32-13-18(17)9-23(20)29)33-27(36)22-12-21(22)24-11-19(30)2-5-31-24/h2,5,8-11,13,16,21-22,25,35H,3-4,6-7,12,14-15H2,1H3,(H,32,33,36)/t21-,22-,25-,28+/m0/s1. The fraction of sp³-hybridized carbons (Fsp3) is 0.464. The lowest BCUT2D eigenvalue weighted by Crippen LogP contribution is -2.56. The molecule has 4 atom stereocenters. The van der Waals surface area contributed by atoms with E-state index in [1.165, 1.54) is 18.3 Å². The van der Waals surface area contributed by atoms with Crippen molar-refractivity contribution in [1.82, 2.24) is 14.9 Å².